The molecule has 1 saturated heterocycles. The van der Waals surface area contributed by atoms with Crippen molar-refractivity contribution in [2.45, 2.75) is 69.4 Å². The molecule has 2 aliphatic rings. The highest BCUT2D eigenvalue weighted by atomic mass is 16.5. The molecule has 1 atom stereocenters. The number of hydrogen-bond acceptors (Lipinski definition) is 4. The number of nitrogens with one attached hydrogen (secondary N) is 1. The maximum atomic E-state index is 13.6. The van der Waals surface area contributed by atoms with Crippen LogP contribution >= 0.6 is 0 Å². The van der Waals surface area contributed by atoms with Crippen molar-refractivity contribution in [3.63, 3.8) is 0 Å². The van der Waals surface area contributed by atoms with Gasteiger partial charge in [0.2, 0.25) is 11.8 Å². The summed E-state index contributed by atoms with van der Waals surface area (Å²) < 4.78 is 5.23. The normalized spacial score (nSPS) is 17.8. The molecule has 2 amide bonds. The zero-order valence-corrected chi connectivity index (χ0v) is 20.6. The Kier molecular flexibility index (Phi) is 6.99. The number of carbonyl (C=O) groups excluding carboxylic acids is 2. The first kappa shape index (κ1) is 24.3. The van der Waals surface area contributed by atoms with Crippen LogP contribution in [0.3, 0.4) is 0 Å². The minimum Gasteiger partial charge on any atom is -0.497 e. The summed E-state index contributed by atoms with van der Waals surface area (Å²) in [4.78, 5) is 28.2. The average Bonchev–Trinajstić information content (AvgIpc) is 3.19. The van der Waals surface area contributed by atoms with Gasteiger partial charge in [-0.25, -0.2) is 0 Å². The Bertz CT molecular complexity index is 1020. The molecule has 1 heterocycles. The molecule has 6 heteroatoms. The van der Waals surface area contributed by atoms with Crippen molar-refractivity contribution < 1.29 is 14.3 Å². The minimum absolute atomic E-state index is 0.00718. The summed E-state index contributed by atoms with van der Waals surface area (Å²) in [5.41, 5.74) is 9.19. The van der Waals surface area contributed by atoms with E-state index in [0.717, 1.165) is 37.0 Å². The lowest BCUT2D eigenvalue weighted by molar-refractivity contribution is -0.139. The van der Waals surface area contributed by atoms with E-state index in [1.54, 1.807) is 21.0 Å². The predicted octanol–water partition coefficient (Wildman–Crippen LogP) is 3.36. The van der Waals surface area contributed by atoms with E-state index in [2.05, 4.69) is 29.6 Å². The fourth-order valence-corrected chi connectivity index (χ4v) is 5.36. The first-order valence-electron chi connectivity index (χ1n) is 12.3. The summed E-state index contributed by atoms with van der Waals surface area (Å²) in [6.45, 7) is 4.76. The largest absolute Gasteiger partial charge is 0.497 e. The van der Waals surface area contributed by atoms with Crippen molar-refractivity contribution in [1.29, 1.82) is 0 Å². The fourth-order valence-electron chi connectivity index (χ4n) is 5.36. The Morgan fingerprint density at radius 3 is 2.41 bits per heavy atom. The topological polar surface area (TPSA) is 84.7 Å². The first-order valence-corrected chi connectivity index (χ1v) is 12.3. The number of piperidine rings is 1. The van der Waals surface area contributed by atoms with E-state index in [9.17, 15) is 9.59 Å². The number of ether oxygens (including phenoxy) is 1. The summed E-state index contributed by atoms with van der Waals surface area (Å²) in [5.74, 6) is 0.483. The highest BCUT2D eigenvalue weighted by Gasteiger charge is 2.42. The highest BCUT2D eigenvalue weighted by Crippen LogP contribution is 2.46. The van der Waals surface area contributed by atoms with E-state index >= 15 is 0 Å². The molecule has 0 saturated carbocycles. The van der Waals surface area contributed by atoms with Crippen LogP contribution in [0.25, 0.3) is 0 Å². The third-order valence-electron chi connectivity index (χ3n) is 7.56. The van der Waals surface area contributed by atoms with E-state index < -0.39 is 11.6 Å². The molecule has 1 spiro atoms. The molecule has 0 unspecified atom stereocenters. The molecule has 6 nitrogen and oxygen atoms in total. The second-order valence-corrected chi connectivity index (χ2v) is 10.4. The van der Waals surface area contributed by atoms with Gasteiger partial charge in [0.05, 0.1) is 12.6 Å². The smallest absolute Gasteiger partial charge is 0.245 e. The van der Waals surface area contributed by atoms with Crippen molar-refractivity contribution >= 4 is 11.8 Å². The number of rotatable bonds is 7. The van der Waals surface area contributed by atoms with E-state index in [1.165, 1.54) is 11.1 Å². The maximum Gasteiger partial charge on any atom is 0.245 e. The number of fused-ring (bicyclic) bond motifs is 2. The summed E-state index contributed by atoms with van der Waals surface area (Å²) in [5, 5.41) is 2.94. The molecule has 0 aromatic heterocycles. The molecule has 4 rings (SSSR count). The van der Waals surface area contributed by atoms with Crippen LogP contribution in [0, 0.1) is 0 Å². The molecule has 0 radical (unpaired) electrons. The molecular formula is C28H37N3O3. The van der Waals surface area contributed by atoms with Crippen LogP contribution in [0.1, 0.15) is 56.2 Å². The molecule has 0 bridgehead atoms. The van der Waals surface area contributed by atoms with Gasteiger partial charge in [0, 0.05) is 13.1 Å². The molecule has 1 aliphatic heterocycles. The number of nitrogens with two attached hydrogens (primary N) is 1. The van der Waals surface area contributed by atoms with Gasteiger partial charge in [-0.2, -0.15) is 0 Å². The van der Waals surface area contributed by atoms with Crippen LogP contribution in [0.15, 0.2) is 48.5 Å². The monoisotopic (exact) mass is 463 g/mol. The number of aryl methyl sites for hydroxylation is 2. The Morgan fingerprint density at radius 2 is 1.76 bits per heavy atom. The Labute approximate surface area is 202 Å². The second kappa shape index (κ2) is 9.79. The van der Waals surface area contributed by atoms with Crippen molar-refractivity contribution in [2.24, 2.45) is 5.73 Å². The van der Waals surface area contributed by atoms with Gasteiger partial charge in [0.1, 0.15) is 11.8 Å². The Balaban J connectivity index is 1.44. The van der Waals surface area contributed by atoms with Crippen LogP contribution in [-0.2, 0) is 27.8 Å². The van der Waals surface area contributed by atoms with Gasteiger partial charge >= 0.3 is 0 Å². The lowest BCUT2D eigenvalue weighted by atomic mass is 9.74. The molecule has 3 N–H and O–H groups in total. The molecule has 2 aromatic carbocycles. The van der Waals surface area contributed by atoms with Crippen LogP contribution in [0.2, 0.25) is 0 Å². The van der Waals surface area contributed by atoms with Gasteiger partial charge in [-0.1, -0.05) is 36.4 Å². The van der Waals surface area contributed by atoms with E-state index in [0.29, 0.717) is 25.9 Å². The predicted molar refractivity (Wildman–Crippen MR) is 134 cm³/mol. The number of nitrogens with zero attached hydrogens (tertiary/aromatic N) is 1. The van der Waals surface area contributed by atoms with Gasteiger partial charge in [0.15, 0.2) is 0 Å². The van der Waals surface area contributed by atoms with Crippen LogP contribution < -0.4 is 15.8 Å². The summed E-state index contributed by atoms with van der Waals surface area (Å²) in [6, 6.07) is 16.0. The molecule has 1 aliphatic carbocycles. The van der Waals surface area contributed by atoms with Gasteiger partial charge in [0.25, 0.3) is 0 Å². The Morgan fingerprint density at radius 1 is 1.09 bits per heavy atom. The molecule has 34 heavy (non-hydrogen) atoms. The SMILES string of the molecule is COc1ccc(CC[C@@H](NC(=O)C(C)(C)N)C(=O)N2CCC3(CCc4ccccc43)CC2)cc1. The first-order chi connectivity index (χ1) is 16.2. The molecule has 1 fully saturated rings. The number of hydrogen-bond donors (Lipinski definition) is 2. The highest BCUT2D eigenvalue weighted by molar-refractivity contribution is 5.91. The van der Waals surface area contributed by atoms with E-state index in [-0.39, 0.29) is 17.2 Å². The number of methoxy groups -OCH3 is 1. The lowest BCUT2D eigenvalue weighted by Gasteiger charge is -2.41. The van der Waals surface area contributed by atoms with E-state index in [1.807, 2.05) is 29.2 Å². The number of carbonyl (C=O) groups is 2. The van der Waals surface area contributed by atoms with Gasteiger partial charge in [-0.05, 0) is 86.6 Å². The number of likely N-dealkylation sites (tertiary alicyclic amines) is 1. The van der Waals surface area contributed by atoms with Gasteiger partial charge in [-0.3, -0.25) is 9.59 Å². The van der Waals surface area contributed by atoms with Gasteiger partial charge < -0.3 is 20.7 Å². The average molecular weight is 464 g/mol. The summed E-state index contributed by atoms with van der Waals surface area (Å²) in [6.07, 6.45) is 5.42. The van der Waals surface area contributed by atoms with Crippen LogP contribution in [-0.4, -0.2) is 48.5 Å². The molecule has 182 valence electrons. The third-order valence-corrected chi connectivity index (χ3v) is 7.56. The summed E-state index contributed by atoms with van der Waals surface area (Å²) >= 11 is 0. The van der Waals surface area contributed by atoms with Crippen molar-refractivity contribution in [2.75, 3.05) is 20.2 Å². The Hall–Kier alpha value is -2.86. The van der Waals surface area contributed by atoms with Crippen molar-refractivity contribution in [1.82, 2.24) is 10.2 Å². The quantitative estimate of drug-likeness (QED) is 0.660. The zero-order chi connectivity index (χ0) is 24.3. The second-order valence-electron chi connectivity index (χ2n) is 10.4. The van der Waals surface area contributed by atoms with Crippen molar-refractivity contribution in [3.8, 4) is 5.75 Å². The number of benzene rings is 2. The van der Waals surface area contributed by atoms with Crippen molar-refractivity contribution in [3.05, 3.63) is 65.2 Å². The molecule has 2 aromatic rings. The van der Waals surface area contributed by atoms with Crippen LogP contribution in [0.5, 0.6) is 5.75 Å². The zero-order valence-electron chi connectivity index (χ0n) is 20.6. The molecular weight excluding hydrogens is 426 g/mol. The van der Waals surface area contributed by atoms with Gasteiger partial charge in [-0.15, -0.1) is 0 Å². The van der Waals surface area contributed by atoms with E-state index in [4.69, 9.17) is 10.5 Å². The standard InChI is InChI=1S/C28H37N3O3/c1-27(2,29)26(33)30-24(13-10-20-8-11-22(34-3)12-9-20)25(32)31-18-16-28(17-19-31)15-14-21-6-4-5-7-23(21)28/h4-9,11-12,24H,10,13-19,29H2,1-3H3,(H,30,33)/t24-/m1/s1. The maximum absolute atomic E-state index is 13.6. The lowest BCUT2D eigenvalue weighted by Crippen LogP contribution is -2.57. The minimum atomic E-state index is -1.04. The number of amides is 2. The fraction of sp³-hybridized carbons (Fsp3) is 0.500. The third kappa shape index (κ3) is 5.12. The van der Waals surface area contributed by atoms with Crippen LogP contribution in [0.4, 0.5) is 0 Å². The summed E-state index contributed by atoms with van der Waals surface area (Å²) in [7, 11) is 1.64.